The Morgan fingerprint density at radius 1 is 0.986 bits per heavy atom. The molecule has 0 radical (unpaired) electrons. The van der Waals surface area contributed by atoms with Crippen molar-refractivity contribution in [2.24, 2.45) is 67.9 Å². The van der Waals surface area contributed by atoms with Crippen molar-refractivity contribution in [1.29, 1.82) is 0 Å². The number of fused-ring (bicyclic) bond motifs is 9. The van der Waals surface area contributed by atoms with Crippen LogP contribution in [0.4, 0.5) is 0 Å². The first kappa shape index (κ1) is 51.3. The van der Waals surface area contributed by atoms with Crippen LogP contribution in [0.25, 0.3) is 0 Å². The third-order valence-corrected chi connectivity index (χ3v) is 22.8. The highest BCUT2D eigenvalue weighted by Gasteiger charge is 2.73. The van der Waals surface area contributed by atoms with Gasteiger partial charge in [-0.25, -0.2) is 4.98 Å². The van der Waals surface area contributed by atoms with Gasteiger partial charge in [-0.15, -0.1) is 0 Å². The highest BCUT2D eigenvalue weighted by atomic mass is 33.1. The topological polar surface area (TPSA) is 186 Å². The number of benzene rings is 1. The van der Waals surface area contributed by atoms with E-state index in [1.54, 1.807) is 18.6 Å². The van der Waals surface area contributed by atoms with Crippen molar-refractivity contribution in [3.05, 3.63) is 77.4 Å². The second-order valence-corrected chi connectivity index (χ2v) is 27.1. The maximum atomic E-state index is 14.8. The van der Waals surface area contributed by atoms with Gasteiger partial charge in [0.25, 0.3) is 0 Å². The molecule has 2 aromatic rings. The predicted molar refractivity (Wildman–Crippen MR) is 278 cm³/mol. The molecular formula is C56H83N5O6S2. The van der Waals surface area contributed by atoms with Crippen molar-refractivity contribution in [2.45, 2.75) is 186 Å². The van der Waals surface area contributed by atoms with E-state index < -0.39 is 46.9 Å². The molecule has 2 heterocycles. The number of allylic oxidation sites excluding steroid dienone is 2. The summed E-state index contributed by atoms with van der Waals surface area (Å²) in [6, 6.07) is 10.8. The third kappa shape index (κ3) is 9.59. The van der Waals surface area contributed by atoms with Crippen LogP contribution in [0.5, 0.6) is 0 Å². The molecule has 0 amide bonds. The number of aliphatic hydroxyl groups is 5. The minimum atomic E-state index is -1.44. The first-order valence-electron chi connectivity index (χ1n) is 26.6. The fraction of sp³-hybridized carbons (Fsp3) is 0.732. The van der Waals surface area contributed by atoms with Crippen molar-refractivity contribution >= 4 is 33.3 Å². The number of carbonyl (C=O) groups is 1. The van der Waals surface area contributed by atoms with E-state index in [0.29, 0.717) is 24.7 Å². The molecule has 1 saturated heterocycles. The number of rotatable bonds is 7. The molecule has 15 atom stereocenters. The lowest BCUT2D eigenvalue weighted by Gasteiger charge is -2.63. The molecule has 6 aliphatic carbocycles. The van der Waals surface area contributed by atoms with E-state index in [-0.39, 0.29) is 77.4 Å². The number of guanidine groups is 1. The molecule has 5 saturated carbocycles. The van der Waals surface area contributed by atoms with Gasteiger partial charge < -0.3 is 41.2 Å². The van der Waals surface area contributed by atoms with E-state index in [1.807, 2.05) is 34.1 Å². The van der Waals surface area contributed by atoms with Crippen molar-refractivity contribution in [2.75, 3.05) is 12.3 Å². The number of hydrogen-bond acceptors (Lipinski definition) is 10. The van der Waals surface area contributed by atoms with E-state index in [2.05, 4.69) is 86.0 Å². The van der Waals surface area contributed by atoms with Gasteiger partial charge in [0.1, 0.15) is 6.23 Å². The summed E-state index contributed by atoms with van der Waals surface area (Å²) in [6.45, 7) is 13.3. The van der Waals surface area contributed by atoms with Crippen LogP contribution in [0.3, 0.4) is 0 Å². The van der Waals surface area contributed by atoms with Crippen LogP contribution < -0.4 is 11.1 Å². The van der Waals surface area contributed by atoms with Gasteiger partial charge in [0, 0.05) is 53.2 Å². The molecular weight excluding hydrogens is 903 g/mol. The molecule has 13 heteroatoms. The van der Waals surface area contributed by atoms with Gasteiger partial charge in [0.05, 0.1) is 30.2 Å². The summed E-state index contributed by atoms with van der Waals surface area (Å²) in [6.07, 6.45) is 18.8. The number of aromatic nitrogens is 2. The Labute approximate surface area is 419 Å². The Morgan fingerprint density at radius 3 is 2.43 bits per heavy atom. The van der Waals surface area contributed by atoms with Crippen LogP contribution in [-0.2, 0) is 11.2 Å². The Balaban J connectivity index is 1.20. The first-order valence-corrected chi connectivity index (χ1v) is 28.9. The van der Waals surface area contributed by atoms with Gasteiger partial charge in [-0.1, -0.05) is 111 Å². The molecule has 1 aromatic carbocycles. The highest BCUT2D eigenvalue weighted by Crippen LogP contribution is 2.73. The maximum Gasteiger partial charge on any atom is 0.190 e. The summed E-state index contributed by atoms with van der Waals surface area (Å²) < 4.78 is 2.29. The summed E-state index contributed by atoms with van der Waals surface area (Å²) in [7, 11) is 3.81. The number of carbonyl (C=O) groups excluding carboxylic acids is 1. The van der Waals surface area contributed by atoms with Gasteiger partial charge in [0.2, 0.25) is 0 Å². The summed E-state index contributed by atoms with van der Waals surface area (Å²) in [5, 5.41) is 63.4. The molecule has 1 aliphatic heterocycles. The molecule has 9 rings (SSSR count). The summed E-state index contributed by atoms with van der Waals surface area (Å²) >= 11 is 0. The average Bonchev–Trinajstić information content (AvgIpc) is 4.06. The molecule has 7 aliphatic rings. The predicted octanol–water partition coefficient (Wildman–Crippen LogP) is 8.95. The second-order valence-electron chi connectivity index (χ2n) is 24.4. The van der Waals surface area contributed by atoms with Crippen LogP contribution in [0.15, 0.2) is 76.8 Å². The van der Waals surface area contributed by atoms with Crippen molar-refractivity contribution in [3.8, 4) is 0 Å². The average molecular weight is 986 g/mol. The number of imidazole rings is 1. The maximum absolute atomic E-state index is 14.8. The molecule has 2 bridgehead atoms. The molecule has 6 fully saturated rings. The summed E-state index contributed by atoms with van der Waals surface area (Å²) in [5.74, 6) is -0.788. The second kappa shape index (κ2) is 20.0. The van der Waals surface area contributed by atoms with E-state index in [0.717, 1.165) is 43.4 Å². The Hall–Kier alpha value is -2.65. The molecule has 11 nitrogen and oxygen atoms in total. The molecule has 69 heavy (non-hydrogen) atoms. The number of nitrogens with two attached hydrogens (primary N) is 1. The zero-order valence-corrected chi connectivity index (χ0v) is 43.9. The molecule has 0 unspecified atom stereocenters. The zero-order chi connectivity index (χ0) is 49.1. The number of aliphatic hydroxyl groups excluding tert-OH is 4. The van der Waals surface area contributed by atoms with E-state index in [4.69, 9.17) is 10.7 Å². The molecule has 8 N–H and O–H groups in total. The largest absolute Gasteiger partial charge is 0.393 e. The van der Waals surface area contributed by atoms with Gasteiger partial charge >= 0.3 is 0 Å². The highest BCUT2D eigenvalue weighted by molar-refractivity contribution is 8.76. The summed E-state index contributed by atoms with van der Waals surface area (Å²) in [5.41, 5.74) is 8.57. The first-order chi connectivity index (χ1) is 32.8. The van der Waals surface area contributed by atoms with E-state index >= 15 is 0 Å². The van der Waals surface area contributed by atoms with Crippen LogP contribution in [-0.4, -0.2) is 94.5 Å². The van der Waals surface area contributed by atoms with Crippen LogP contribution in [0, 0.1) is 57.2 Å². The van der Waals surface area contributed by atoms with Crippen LogP contribution in [0.2, 0.25) is 0 Å². The van der Waals surface area contributed by atoms with Crippen molar-refractivity contribution in [1.82, 2.24) is 14.9 Å². The smallest absolute Gasteiger partial charge is 0.190 e. The number of nitrogens with zero attached hydrogens (tertiary/aromatic N) is 3. The number of aliphatic imine (C=N–C) groups is 1. The van der Waals surface area contributed by atoms with Crippen molar-refractivity contribution in [3.63, 3.8) is 0 Å². The van der Waals surface area contributed by atoms with Crippen LogP contribution in [0.1, 0.15) is 149 Å². The quantitative estimate of drug-likeness (QED) is 0.0462. The lowest BCUT2D eigenvalue weighted by Crippen LogP contribution is -2.65. The fourth-order valence-electron chi connectivity index (χ4n) is 16.4. The van der Waals surface area contributed by atoms with Crippen molar-refractivity contribution < 1.29 is 30.3 Å². The van der Waals surface area contributed by atoms with Gasteiger partial charge in [-0.2, -0.15) is 0 Å². The number of nitrogens with one attached hydrogen (secondary N) is 1. The Morgan fingerprint density at radius 2 is 1.72 bits per heavy atom. The van der Waals surface area contributed by atoms with Crippen LogP contribution >= 0.6 is 21.6 Å². The normalized spacial score (nSPS) is 41.9. The van der Waals surface area contributed by atoms with E-state index in [1.165, 1.54) is 49.7 Å². The minimum Gasteiger partial charge on any atom is -0.393 e. The molecule has 1 aromatic heterocycles. The summed E-state index contributed by atoms with van der Waals surface area (Å²) in [4.78, 5) is 24.3. The fourth-order valence-corrected chi connectivity index (χ4v) is 19.7. The van der Waals surface area contributed by atoms with E-state index in [9.17, 15) is 30.3 Å². The lowest BCUT2D eigenvalue weighted by atomic mass is 9.42. The van der Waals surface area contributed by atoms with Gasteiger partial charge in [-0.3, -0.25) is 9.79 Å². The van der Waals surface area contributed by atoms with Gasteiger partial charge in [0.15, 0.2) is 11.7 Å². The minimum absolute atomic E-state index is 0.0165. The van der Waals surface area contributed by atoms with Gasteiger partial charge in [-0.05, 0) is 154 Å². The molecule has 380 valence electrons. The Kier molecular flexibility index (Phi) is 14.9. The number of hydrogen-bond donors (Lipinski definition) is 7. The number of ketones is 1. The SMILES string of the molecule is C[C@@H]1[C@H](O)C/C(=C2/CCCC3(CCCC3)C2)C(C)(C)C[C@@H](n2ccnc2)CSS[C@H](CCc2ccccc2)[C@H]2C[C@H]1[C@@]1(C)C[C@@H](CN=C(N)N[C@H](C)O)[C@H]3C(=CC(=O)[C@@H]4C[C@@H](O)[C@@H](O)C[C@]34C)[C@]21O. The third-order valence-electron chi connectivity index (χ3n) is 19.7. The Bertz CT molecular complexity index is 2230. The zero-order valence-electron chi connectivity index (χ0n) is 42.2. The molecule has 1 spiro atoms. The lowest BCUT2D eigenvalue weighted by molar-refractivity contribution is -0.170. The number of aryl methyl sites for hydroxylation is 1. The standard InChI is InChI=1S/C56H83N5O6S2/c1-34-40-23-43(56(67)44-26-46(64)42-25-47(65)48(66)30-53(42,5)50(44)38(27-54(40,56)6)31-59-51(57)60-35(2)62)49(17-16-36-13-8-7-9-14-36)69-68-32-39(61-22-21-58-33-61)29-52(3,4)41(24-45(34)63)37-15-12-20-55(28-37)18-10-11-19-55/h7-9,13-14,21-22,26,33-35,38-40,42-43,45,47-50,62-63,65-67H,10-12,15-20,23-25,27-32H2,1-6H3,(H3,57,59,60)/b41-37+/t34-,35-,38-,39+,40+,42-,43+,45+,47+,48-,49+,50-,53-,54+,56+/m0/s1. The monoisotopic (exact) mass is 986 g/mol.